The number of H-pyrrole nitrogens is 1. The minimum atomic E-state index is -1.53. The summed E-state index contributed by atoms with van der Waals surface area (Å²) in [6.07, 6.45) is 1.58. The molecule has 106 valence electrons. The molecule has 1 aliphatic heterocycles. The van der Waals surface area contributed by atoms with Gasteiger partial charge in [0, 0.05) is 11.1 Å². The van der Waals surface area contributed by atoms with E-state index in [4.69, 9.17) is 15.2 Å². The molecule has 0 bridgehead atoms. The third kappa shape index (κ3) is 2.07. The lowest BCUT2D eigenvalue weighted by Crippen LogP contribution is -2.18. The fourth-order valence-corrected chi connectivity index (χ4v) is 2.31. The summed E-state index contributed by atoms with van der Waals surface area (Å²) in [5.74, 6) is 1.55. The maximum Gasteiger partial charge on any atom is 0.162 e. The second kappa shape index (κ2) is 4.40. The van der Waals surface area contributed by atoms with Crippen LogP contribution in [0.25, 0.3) is 11.1 Å². The van der Waals surface area contributed by atoms with Crippen LogP contribution in [-0.4, -0.2) is 23.4 Å². The highest BCUT2D eigenvalue weighted by Crippen LogP contribution is 2.43. The van der Waals surface area contributed by atoms with E-state index in [1.807, 2.05) is 0 Å². The first-order valence-electron chi connectivity index (χ1n) is 6.39. The first-order chi connectivity index (χ1) is 9.47. The molecule has 0 radical (unpaired) electrons. The quantitative estimate of drug-likeness (QED) is 0.885. The number of nitrogens with two attached hydrogens (primary N) is 1. The highest BCUT2D eigenvalue weighted by Gasteiger charge is 2.28. The molecule has 2 heterocycles. The Kier molecular flexibility index (Phi) is 2.81. The molecule has 3 N–H and O–H groups in total. The average molecular weight is 277 g/mol. The molecule has 0 amide bonds. The predicted molar refractivity (Wildman–Crippen MR) is 73.6 cm³/mol. The monoisotopic (exact) mass is 277 g/mol. The zero-order valence-corrected chi connectivity index (χ0v) is 11.4. The van der Waals surface area contributed by atoms with Crippen LogP contribution < -0.4 is 15.2 Å². The molecule has 3 rings (SSSR count). The summed E-state index contributed by atoms with van der Waals surface area (Å²) >= 11 is 0. The molecule has 1 aromatic heterocycles. The van der Waals surface area contributed by atoms with E-state index < -0.39 is 5.67 Å². The number of hydrogen-bond donors (Lipinski definition) is 2. The van der Waals surface area contributed by atoms with Crippen molar-refractivity contribution in [2.24, 2.45) is 0 Å². The number of anilines is 1. The van der Waals surface area contributed by atoms with Gasteiger partial charge >= 0.3 is 0 Å². The largest absolute Gasteiger partial charge is 0.486 e. The number of nitrogens with one attached hydrogen (secondary N) is 1. The molecule has 1 aliphatic rings. The lowest BCUT2D eigenvalue weighted by Gasteiger charge is -2.24. The van der Waals surface area contributed by atoms with Crippen molar-refractivity contribution in [1.82, 2.24) is 10.2 Å². The highest BCUT2D eigenvalue weighted by molar-refractivity contribution is 5.78. The van der Waals surface area contributed by atoms with Crippen LogP contribution in [0.4, 0.5) is 10.2 Å². The molecular formula is C14H16FN3O2. The van der Waals surface area contributed by atoms with Gasteiger partial charge in [-0.25, -0.2) is 4.39 Å². The predicted octanol–water partition coefficient (Wildman–Crippen LogP) is 2.63. The molecule has 0 spiro atoms. The van der Waals surface area contributed by atoms with E-state index in [1.165, 1.54) is 13.8 Å². The lowest BCUT2D eigenvalue weighted by atomic mass is 9.91. The van der Waals surface area contributed by atoms with Crippen molar-refractivity contribution in [2.75, 3.05) is 18.9 Å². The Bertz CT molecular complexity index is 646. The van der Waals surface area contributed by atoms with Crippen LogP contribution in [0, 0.1) is 0 Å². The first kappa shape index (κ1) is 12.8. The van der Waals surface area contributed by atoms with E-state index in [2.05, 4.69) is 10.2 Å². The zero-order valence-electron chi connectivity index (χ0n) is 11.4. The van der Waals surface area contributed by atoms with E-state index in [-0.39, 0.29) is 0 Å². The van der Waals surface area contributed by atoms with Crippen LogP contribution in [0.5, 0.6) is 11.5 Å². The van der Waals surface area contributed by atoms with Gasteiger partial charge in [0.25, 0.3) is 0 Å². The molecule has 5 nitrogen and oxygen atoms in total. The van der Waals surface area contributed by atoms with Crippen LogP contribution in [0.15, 0.2) is 18.3 Å². The minimum Gasteiger partial charge on any atom is -0.486 e. The number of ether oxygens (including phenoxy) is 2. The highest BCUT2D eigenvalue weighted by atomic mass is 19.1. The van der Waals surface area contributed by atoms with Gasteiger partial charge in [-0.15, -0.1) is 0 Å². The molecule has 0 saturated heterocycles. The Hall–Kier alpha value is -2.24. The SMILES string of the molecule is CC(C)(F)c1cc2c(cc1-c1cn[nH]c1N)OCCO2. The molecule has 0 fully saturated rings. The number of alkyl halides is 1. The zero-order chi connectivity index (χ0) is 14.3. The number of nitrogens with zero attached hydrogens (tertiary/aromatic N) is 1. The molecular weight excluding hydrogens is 261 g/mol. The van der Waals surface area contributed by atoms with Gasteiger partial charge in [0.1, 0.15) is 24.7 Å². The summed E-state index contributed by atoms with van der Waals surface area (Å²) in [6.45, 7) is 3.94. The number of aromatic amines is 1. The molecule has 2 aromatic rings. The van der Waals surface area contributed by atoms with E-state index in [0.29, 0.717) is 47.2 Å². The number of benzene rings is 1. The van der Waals surface area contributed by atoms with Gasteiger partial charge in [-0.05, 0) is 31.5 Å². The van der Waals surface area contributed by atoms with Gasteiger partial charge in [0.2, 0.25) is 0 Å². The van der Waals surface area contributed by atoms with Crippen molar-refractivity contribution >= 4 is 5.82 Å². The van der Waals surface area contributed by atoms with E-state index in [1.54, 1.807) is 18.3 Å². The summed E-state index contributed by atoms with van der Waals surface area (Å²) in [5, 5.41) is 6.55. The molecule has 0 unspecified atom stereocenters. The summed E-state index contributed by atoms with van der Waals surface area (Å²) in [6, 6.07) is 3.43. The Morgan fingerprint density at radius 2 is 1.85 bits per heavy atom. The normalized spacial score (nSPS) is 14.3. The Morgan fingerprint density at radius 1 is 1.20 bits per heavy atom. The smallest absolute Gasteiger partial charge is 0.162 e. The molecule has 0 saturated carbocycles. The molecule has 0 aliphatic carbocycles. The van der Waals surface area contributed by atoms with E-state index in [0.717, 1.165) is 0 Å². The Morgan fingerprint density at radius 3 is 2.40 bits per heavy atom. The first-order valence-corrected chi connectivity index (χ1v) is 6.39. The van der Waals surface area contributed by atoms with Crippen LogP contribution in [0.2, 0.25) is 0 Å². The van der Waals surface area contributed by atoms with Crippen molar-refractivity contribution in [3.63, 3.8) is 0 Å². The van der Waals surface area contributed by atoms with Crippen molar-refractivity contribution in [2.45, 2.75) is 19.5 Å². The van der Waals surface area contributed by atoms with Crippen LogP contribution in [0.3, 0.4) is 0 Å². The maximum atomic E-state index is 14.5. The van der Waals surface area contributed by atoms with Gasteiger partial charge in [0.05, 0.1) is 6.20 Å². The lowest BCUT2D eigenvalue weighted by molar-refractivity contribution is 0.169. The van der Waals surface area contributed by atoms with Gasteiger partial charge in [0.15, 0.2) is 11.5 Å². The third-order valence-corrected chi connectivity index (χ3v) is 3.28. The van der Waals surface area contributed by atoms with Gasteiger partial charge in [-0.3, -0.25) is 5.10 Å². The van der Waals surface area contributed by atoms with Crippen molar-refractivity contribution < 1.29 is 13.9 Å². The number of aromatic nitrogens is 2. The maximum absolute atomic E-state index is 14.5. The average Bonchev–Trinajstić information content (AvgIpc) is 2.82. The summed E-state index contributed by atoms with van der Waals surface area (Å²) in [4.78, 5) is 0. The van der Waals surface area contributed by atoms with E-state index >= 15 is 0 Å². The van der Waals surface area contributed by atoms with Crippen LogP contribution >= 0.6 is 0 Å². The summed E-state index contributed by atoms with van der Waals surface area (Å²) in [5.41, 5.74) is 6.13. The molecule has 1 aromatic carbocycles. The summed E-state index contributed by atoms with van der Waals surface area (Å²) in [7, 11) is 0. The molecule has 20 heavy (non-hydrogen) atoms. The third-order valence-electron chi connectivity index (χ3n) is 3.28. The fourth-order valence-electron chi connectivity index (χ4n) is 2.31. The summed E-state index contributed by atoms with van der Waals surface area (Å²) < 4.78 is 25.6. The second-order valence-electron chi connectivity index (χ2n) is 5.21. The number of halogens is 1. The van der Waals surface area contributed by atoms with Crippen molar-refractivity contribution in [3.05, 3.63) is 23.9 Å². The second-order valence-corrected chi connectivity index (χ2v) is 5.21. The van der Waals surface area contributed by atoms with Gasteiger partial charge in [-0.1, -0.05) is 0 Å². The minimum absolute atomic E-state index is 0.396. The number of hydrogen-bond acceptors (Lipinski definition) is 4. The fraction of sp³-hybridized carbons (Fsp3) is 0.357. The van der Waals surface area contributed by atoms with Gasteiger partial charge in [-0.2, -0.15) is 5.10 Å². The molecule has 0 atom stereocenters. The van der Waals surface area contributed by atoms with Gasteiger partial charge < -0.3 is 15.2 Å². The number of fused-ring (bicyclic) bond motifs is 1. The van der Waals surface area contributed by atoms with E-state index in [9.17, 15) is 4.39 Å². The van der Waals surface area contributed by atoms with Crippen molar-refractivity contribution in [1.29, 1.82) is 0 Å². The molecule has 6 heteroatoms. The van der Waals surface area contributed by atoms with Crippen LogP contribution in [0.1, 0.15) is 19.4 Å². The number of nitrogen functional groups attached to an aromatic ring is 1. The topological polar surface area (TPSA) is 73.2 Å². The standard InChI is InChI=1S/C14H16FN3O2/c1-14(2,15)10-6-12-11(19-3-4-20-12)5-8(10)9-7-17-18-13(9)16/h5-7H,3-4H2,1-2H3,(H3,16,17,18). The van der Waals surface area contributed by atoms with Crippen molar-refractivity contribution in [3.8, 4) is 22.6 Å². The number of rotatable bonds is 2. The van der Waals surface area contributed by atoms with Crippen LogP contribution in [-0.2, 0) is 5.67 Å². The Balaban J connectivity index is 2.23. The Labute approximate surface area is 115 Å².